The van der Waals surface area contributed by atoms with Gasteiger partial charge in [0.15, 0.2) is 5.76 Å². The lowest BCUT2D eigenvalue weighted by Crippen LogP contribution is -2.24. The van der Waals surface area contributed by atoms with Crippen LogP contribution in [0.2, 0.25) is 0 Å². The van der Waals surface area contributed by atoms with E-state index in [1.807, 2.05) is 18.5 Å². The van der Waals surface area contributed by atoms with Gasteiger partial charge >= 0.3 is 0 Å². The number of furan rings is 1. The Morgan fingerprint density at radius 3 is 2.93 bits per heavy atom. The van der Waals surface area contributed by atoms with Gasteiger partial charge in [0, 0.05) is 25.2 Å². The van der Waals surface area contributed by atoms with Crippen molar-refractivity contribution in [2.75, 3.05) is 13.1 Å². The summed E-state index contributed by atoms with van der Waals surface area (Å²) in [5.74, 6) is 0.370. The summed E-state index contributed by atoms with van der Waals surface area (Å²) in [7, 11) is 0. The van der Waals surface area contributed by atoms with Crippen LogP contribution in [0.15, 0.2) is 47.5 Å². The lowest BCUT2D eigenvalue weighted by Gasteiger charge is -2.13. The molecule has 0 radical (unpaired) electrons. The molecule has 30 heavy (non-hydrogen) atoms. The van der Waals surface area contributed by atoms with Gasteiger partial charge in [-0.15, -0.1) is 0 Å². The second kappa shape index (κ2) is 9.04. The van der Waals surface area contributed by atoms with Crippen molar-refractivity contribution in [3.05, 3.63) is 54.5 Å². The maximum atomic E-state index is 11.9. The summed E-state index contributed by atoms with van der Waals surface area (Å²) in [6, 6.07) is 7.25. The van der Waals surface area contributed by atoms with Gasteiger partial charge in [-0.2, -0.15) is 0 Å². The number of carbonyl (C=O) groups is 1. The number of aryl methyl sites for hydroxylation is 1. The van der Waals surface area contributed by atoms with Crippen molar-refractivity contribution in [1.29, 1.82) is 0 Å². The molecule has 4 heterocycles. The molecule has 4 rings (SSSR count). The maximum Gasteiger partial charge on any atom is 0.286 e. The smallest absolute Gasteiger partial charge is 0.286 e. The third kappa shape index (κ3) is 4.04. The predicted molar refractivity (Wildman–Crippen MR) is 115 cm³/mol. The molecule has 8 nitrogen and oxygen atoms in total. The largest absolute Gasteiger partial charge is 0.459 e. The van der Waals surface area contributed by atoms with Gasteiger partial charge in [-0.3, -0.25) is 9.78 Å². The minimum absolute atomic E-state index is 0.187. The lowest BCUT2D eigenvalue weighted by atomic mass is 10.0. The average molecular weight is 406 g/mol. The molecular formula is C22H26N6O2. The van der Waals surface area contributed by atoms with Crippen LogP contribution in [-0.2, 0) is 6.54 Å². The Hall–Kier alpha value is -3.26. The van der Waals surface area contributed by atoms with E-state index >= 15 is 0 Å². The number of fused-ring (bicyclic) bond motifs is 3. The molecule has 0 saturated heterocycles. The van der Waals surface area contributed by atoms with Crippen molar-refractivity contribution in [2.24, 2.45) is 5.73 Å². The van der Waals surface area contributed by atoms with Crippen LogP contribution in [0.4, 0.5) is 0 Å². The highest BCUT2D eigenvalue weighted by Crippen LogP contribution is 2.29. The van der Waals surface area contributed by atoms with E-state index in [1.54, 1.807) is 18.3 Å². The summed E-state index contributed by atoms with van der Waals surface area (Å²) >= 11 is 0. The number of nitrogens with zero attached hydrogens (tertiary/aromatic N) is 4. The van der Waals surface area contributed by atoms with Gasteiger partial charge in [0.25, 0.3) is 5.91 Å². The normalized spacial score (nSPS) is 12.5. The SMILES string of the molecule is CC(CCN)c1nc2cccnc2c2c1ncn2CCCCNC(=O)c1ccco1. The molecule has 1 atom stereocenters. The number of amides is 1. The predicted octanol–water partition coefficient (Wildman–Crippen LogP) is 3.24. The van der Waals surface area contributed by atoms with Gasteiger partial charge in [0.1, 0.15) is 11.0 Å². The summed E-state index contributed by atoms with van der Waals surface area (Å²) in [6.45, 7) is 4.12. The Morgan fingerprint density at radius 2 is 2.13 bits per heavy atom. The molecule has 1 unspecified atom stereocenters. The van der Waals surface area contributed by atoms with Crippen molar-refractivity contribution >= 4 is 28.0 Å². The molecule has 0 spiro atoms. The molecule has 0 aliphatic carbocycles. The first-order chi connectivity index (χ1) is 14.7. The first kappa shape index (κ1) is 20.0. The van der Waals surface area contributed by atoms with Gasteiger partial charge < -0.3 is 20.0 Å². The summed E-state index contributed by atoms with van der Waals surface area (Å²) in [6.07, 6.45) is 7.74. The van der Waals surface area contributed by atoms with E-state index in [0.717, 1.165) is 53.6 Å². The van der Waals surface area contributed by atoms with Crippen molar-refractivity contribution in [3.8, 4) is 0 Å². The lowest BCUT2D eigenvalue weighted by molar-refractivity contribution is 0.0925. The Labute approximate surface area is 174 Å². The number of imidazole rings is 1. The molecule has 8 heteroatoms. The zero-order chi connectivity index (χ0) is 20.9. The number of nitrogens with two attached hydrogens (primary N) is 1. The van der Waals surface area contributed by atoms with Gasteiger partial charge in [-0.05, 0) is 50.1 Å². The fourth-order valence-corrected chi connectivity index (χ4v) is 3.67. The molecular weight excluding hydrogens is 380 g/mol. The van der Waals surface area contributed by atoms with Crippen molar-refractivity contribution in [3.63, 3.8) is 0 Å². The third-order valence-electron chi connectivity index (χ3n) is 5.25. The topological polar surface area (TPSA) is 112 Å². The molecule has 0 saturated carbocycles. The molecule has 3 N–H and O–H groups in total. The van der Waals surface area contributed by atoms with Gasteiger partial charge in [-0.1, -0.05) is 6.92 Å². The highest BCUT2D eigenvalue weighted by Gasteiger charge is 2.18. The number of unbranched alkanes of at least 4 members (excludes halogenated alkanes) is 1. The minimum Gasteiger partial charge on any atom is -0.459 e. The Balaban J connectivity index is 1.49. The van der Waals surface area contributed by atoms with Crippen molar-refractivity contribution < 1.29 is 9.21 Å². The van der Waals surface area contributed by atoms with E-state index in [1.165, 1.54) is 6.26 Å². The van der Waals surface area contributed by atoms with Crippen molar-refractivity contribution in [1.82, 2.24) is 24.8 Å². The molecule has 0 aliphatic rings. The quantitative estimate of drug-likeness (QED) is 0.413. The van der Waals surface area contributed by atoms with E-state index in [0.29, 0.717) is 18.8 Å². The number of aromatic nitrogens is 4. The Kier molecular flexibility index (Phi) is 6.04. The average Bonchev–Trinajstić information content (AvgIpc) is 3.43. The van der Waals surface area contributed by atoms with Crippen molar-refractivity contribution in [2.45, 2.75) is 38.6 Å². The van der Waals surface area contributed by atoms with Gasteiger partial charge in [0.05, 0.1) is 29.3 Å². The molecule has 0 fully saturated rings. The second-order valence-corrected chi connectivity index (χ2v) is 7.42. The zero-order valence-corrected chi connectivity index (χ0v) is 17.0. The second-order valence-electron chi connectivity index (χ2n) is 7.42. The number of hydrogen-bond donors (Lipinski definition) is 2. The summed E-state index contributed by atoms with van der Waals surface area (Å²) in [5.41, 5.74) is 10.4. The van der Waals surface area contributed by atoms with E-state index in [4.69, 9.17) is 15.1 Å². The van der Waals surface area contributed by atoms with Crippen LogP contribution in [-0.4, -0.2) is 38.5 Å². The summed E-state index contributed by atoms with van der Waals surface area (Å²) in [4.78, 5) is 26.0. The van der Waals surface area contributed by atoms with Crippen LogP contribution in [0.3, 0.4) is 0 Å². The first-order valence-corrected chi connectivity index (χ1v) is 10.3. The number of nitrogens with one attached hydrogen (secondary N) is 1. The number of rotatable bonds is 9. The highest BCUT2D eigenvalue weighted by atomic mass is 16.3. The molecule has 156 valence electrons. The maximum absolute atomic E-state index is 11.9. The van der Waals surface area contributed by atoms with Crippen LogP contribution in [0.25, 0.3) is 22.1 Å². The van der Waals surface area contributed by atoms with E-state index < -0.39 is 0 Å². The van der Waals surface area contributed by atoms with E-state index in [-0.39, 0.29) is 11.8 Å². The fraction of sp³-hybridized carbons (Fsp3) is 0.364. The van der Waals surface area contributed by atoms with Crippen LogP contribution >= 0.6 is 0 Å². The van der Waals surface area contributed by atoms with E-state index in [9.17, 15) is 4.79 Å². The first-order valence-electron chi connectivity index (χ1n) is 10.3. The van der Waals surface area contributed by atoms with Gasteiger partial charge in [0.2, 0.25) is 0 Å². The molecule has 1 amide bonds. The molecule has 0 aliphatic heterocycles. The van der Waals surface area contributed by atoms with Crippen LogP contribution < -0.4 is 11.1 Å². The monoisotopic (exact) mass is 406 g/mol. The number of pyridine rings is 2. The summed E-state index contributed by atoms with van der Waals surface area (Å²) < 4.78 is 7.24. The molecule has 0 aromatic carbocycles. The van der Waals surface area contributed by atoms with Crippen LogP contribution in [0, 0.1) is 0 Å². The number of hydrogen-bond acceptors (Lipinski definition) is 6. The van der Waals surface area contributed by atoms with E-state index in [2.05, 4.69) is 26.8 Å². The van der Waals surface area contributed by atoms with Crippen LogP contribution in [0.5, 0.6) is 0 Å². The Bertz CT molecular complexity index is 1140. The fourth-order valence-electron chi connectivity index (χ4n) is 3.67. The van der Waals surface area contributed by atoms with Gasteiger partial charge in [-0.25, -0.2) is 9.97 Å². The standard InChI is InChI=1S/C22H26N6O2/c1-15(8-9-23)18-20-21(19-16(27-18)6-4-11-24-19)28(14-26-20)12-3-2-10-25-22(29)17-7-5-13-30-17/h4-7,11,13-15H,2-3,8-10,12,23H2,1H3,(H,25,29). The molecule has 4 aromatic rings. The number of carbonyl (C=O) groups excluding carboxylic acids is 1. The molecule has 4 aromatic heterocycles. The zero-order valence-electron chi connectivity index (χ0n) is 17.0. The minimum atomic E-state index is -0.187. The molecule has 0 bridgehead atoms. The summed E-state index contributed by atoms with van der Waals surface area (Å²) in [5, 5.41) is 2.88. The highest BCUT2D eigenvalue weighted by molar-refractivity contribution is 6.00. The van der Waals surface area contributed by atoms with Crippen LogP contribution in [0.1, 0.15) is 48.4 Å². The third-order valence-corrected chi connectivity index (χ3v) is 5.25. The Morgan fingerprint density at radius 1 is 1.23 bits per heavy atom.